The third-order valence-corrected chi connectivity index (χ3v) is 3.54. The van der Waals surface area contributed by atoms with E-state index in [1.165, 1.54) is 6.42 Å². The molecule has 2 rings (SSSR count). The van der Waals surface area contributed by atoms with E-state index in [0.717, 1.165) is 25.1 Å². The van der Waals surface area contributed by atoms with Crippen LogP contribution >= 0.6 is 11.6 Å². The number of benzene rings is 1. The molecule has 1 aliphatic rings. The van der Waals surface area contributed by atoms with Crippen LogP contribution in [0, 0.1) is 0 Å². The molecule has 1 fully saturated rings. The summed E-state index contributed by atoms with van der Waals surface area (Å²) < 4.78 is 0. The van der Waals surface area contributed by atoms with Gasteiger partial charge in [-0.3, -0.25) is 0 Å². The lowest BCUT2D eigenvalue weighted by atomic mass is 10.0. The first-order valence-electron chi connectivity index (χ1n) is 5.89. The fraction of sp³-hybridized carbons (Fsp3) is 0.462. The lowest BCUT2D eigenvalue weighted by Gasteiger charge is -2.36. The maximum absolute atomic E-state index is 11.2. The smallest absolute Gasteiger partial charge is 0.337 e. The van der Waals surface area contributed by atoms with Crippen molar-refractivity contribution in [1.29, 1.82) is 0 Å². The average molecular weight is 254 g/mol. The number of halogens is 1. The number of rotatable bonds is 2. The number of hydrogen-bond acceptors (Lipinski definition) is 2. The number of aromatic carboxylic acids is 1. The predicted octanol–water partition coefficient (Wildman–Crippen LogP) is 3.42. The standard InChI is InChI=1S/C13H16ClNO2/c1-9-4-2-3-7-15(9)12-8-10(14)5-6-11(12)13(16)17/h5-6,8-9H,2-4,7H2,1H3,(H,16,17). The third-order valence-electron chi connectivity index (χ3n) is 3.30. The highest BCUT2D eigenvalue weighted by molar-refractivity contribution is 6.31. The molecule has 0 radical (unpaired) electrons. The summed E-state index contributed by atoms with van der Waals surface area (Å²) in [6.07, 6.45) is 3.42. The monoisotopic (exact) mass is 253 g/mol. The third kappa shape index (κ3) is 2.55. The Morgan fingerprint density at radius 3 is 2.88 bits per heavy atom. The van der Waals surface area contributed by atoms with E-state index in [9.17, 15) is 9.90 Å². The first-order chi connectivity index (χ1) is 8.09. The fourth-order valence-corrected chi connectivity index (χ4v) is 2.55. The number of anilines is 1. The van der Waals surface area contributed by atoms with Crippen LogP contribution < -0.4 is 4.90 Å². The summed E-state index contributed by atoms with van der Waals surface area (Å²) in [5, 5.41) is 9.79. The molecular weight excluding hydrogens is 238 g/mol. The highest BCUT2D eigenvalue weighted by Crippen LogP contribution is 2.30. The van der Waals surface area contributed by atoms with Gasteiger partial charge in [0, 0.05) is 17.6 Å². The van der Waals surface area contributed by atoms with Crippen LogP contribution in [-0.4, -0.2) is 23.7 Å². The lowest BCUT2D eigenvalue weighted by Crippen LogP contribution is -2.38. The van der Waals surface area contributed by atoms with Crippen LogP contribution in [0.4, 0.5) is 5.69 Å². The van der Waals surface area contributed by atoms with E-state index in [1.54, 1.807) is 18.2 Å². The second-order valence-corrected chi connectivity index (χ2v) is 4.94. The van der Waals surface area contributed by atoms with Gasteiger partial charge in [-0.05, 0) is 44.4 Å². The maximum atomic E-state index is 11.2. The molecule has 1 saturated heterocycles. The number of carboxylic acid groups (broad SMARTS) is 1. The minimum absolute atomic E-state index is 0.336. The molecular formula is C13H16ClNO2. The van der Waals surface area contributed by atoms with Crippen molar-refractivity contribution >= 4 is 23.3 Å². The van der Waals surface area contributed by atoms with Gasteiger partial charge in [0.15, 0.2) is 0 Å². The van der Waals surface area contributed by atoms with Gasteiger partial charge in [-0.2, -0.15) is 0 Å². The summed E-state index contributed by atoms with van der Waals surface area (Å²) in [5.74, 6) is -0.894. The van der Waals surface area contributed by atoms with E-state index in [2.05, 4.69) is 11.8 Å². The highest BCUT2D eigenvalue weighted by atomic mass is 35.5. The molecule has 0 aromatic heterocycles. The zero-order chi connectivity index (χ0) is 12.4. The normalized spacial score (nSPS) is 20.4. The predicted molar refractivity (Wildman–Crippen MR) is 69.1 cm³/mol. The Labute approximate surface area is 106 Å². The Morgan fingerprint density at radius 1 is 1.47 bits per heavy atom. The SMILES string of the molecule is CC1CCCCN1c1cc(Cl)ccc1C(=O)O. The van der Waals surface area contributed by atoms with Gasteiger partial charge in [0.05, 0.1) is 11.3 Å². The average Bonchev–Trinajstić information content (AvgIpc) is 2.29. The van der Waals surface area contributed by atoms with Gasteiger partial charge in [-0.1, -0.05) is 11.6 Å². The fourth-order valence-electron chi connectivity index (χ4n) is 2.38. The van der Waals surface area contributed by atoms with Gasteiger partial charge in [0.2, 0.25) is 0 Å². The number of nitrogens with zero attached hydrogens (tertiary/aromatic N) is 1. The largest absolute Gasteiger partial charge is 0.478 e. The van der Waals surface area contributed by atoms with Gasteiger partial charge in [0.25, 0.3) is 0 Å². The minimum atomic E-state index is -0.894. The number of hydrogen-bond donors (Lipinski definition) is 1. The van der Waals surface area contributed by atoms with Gasteiger partial charge < -0.3 is 10.0 Å². The van der Waals surface area contributed by atoms with Crippen LogP contribution in [0.25, 0.3) is 0 Å². The van der Waals surface area contributed by atoms with Crippen molar-refractivity contribution in [3.05, 3.63) is 28.8 Å². The molecule has 4 heteroatoms. The number of carboxylic acids is 1. The molecule has 1 N–H and O–H groups in total. The molecule has 0 aliphatic carbocycles. The molecule has 1 atom stereocenters. The van der Waals surface area contributed by atoms with Gasteiger partial charge in [-0.25, -0.2) is 4.79 Å². The Morgan fingerprint density at radius 2 is 2.24 bits per heavy atom. The van der Waals surface area contributed by atoms with Crippen molar-refractivity contribution in [2.24, 2.45) is 0 Å². The van der Waals surface area contributed by atoms with E-state index in [1.807, 2.05) is 0 Å². The minimum Gasteiger partial charge on any atom is -0.478 e. The Kier molecular flexibility index (Phi) is 3.57. The van der Waals surface area contributed by atoms with E-state index >= 15 is 0 Å². The van der Waals surface area contributed by atoms with Gasteiger partial charge in [0.1, 0.15) is 0 Å². The molecule has 92 valence electrons. The van der Waals surface area contributed by atoms with E-state index in [-0.39, 0.29) is 0 Å². The van der Waals surface area contributed by atoms with Crippen LogP contribution in [0.2, 0.25) is 5.02 Å². The molecule has 0 spiro atoms. The topological polar surface area (TPSA) is 40.5 Å². The second kappa shape index (κ2) is 4.96. The van der Waals surface area contributed by atoms with E-state index in [0.29, 0.717) is 16.6 Å². The number of piperidine rings is 1. The molecule has 17 heavy (non-hydrogen) atoms. The highest BCUT2D eigenvalue weighted by Gasteiger charge is 2.23. The maximum Gasteiger partial charge on any atom is 0.337 e. The Hall–Kier alpha value is -1.22. The zero-order valence-electron chi connectivity index (χ0n) is 9.82. The van der Waals surface area contributed by atoms with E-state index < -0.39 is 5.97 Å². The summed E-state index contributed by atoms with van der Waals surface area (Å²) in [6.45, 7) is 3.04. The van der Waals surface area contributed by atoms with Crippen molar-refractivity contribution in [3.8, 4) is 0 Å². The molecule has 1 aromatic carbocycles. The summed E-state index contributed by atoms with van der Waals surface area (Å²) >= 11 is 5.97. The quantitative estimate of drug-likeness (QED) is 0.878. The van der Waals surface area contributed by atoms with Crippen LogP contribution in [0.5, 0.6) is 0 Å². The molecule has 0 bridgehead atoms. The van der Waals surface area contributed by atoms with Crippen LogP contribution in [-0.2, 0) is 0 Å². The Balaban J connectivity index is 2.41. The van der Waals surface area contributed by atoms with E-state index in [4.69, 9.17) is 11.6 Å². The van der Waals surface area contributed by atoms with Gasteiger partial charge in [-0.15, -0.1) is 0 Å². The van der Waals surface area contributed by atoms with Crippen molar-refractivity contribution in [3.63, 3.8) is 0 Å². The molecule has 1 aliphatic heterocycles. The lowest BCUT2D eigenvalue weighted by molar-refractivity contribution is 0.0697. The molecule has 3 nitrogen and oxygen atoms in total. The summed E-state index contributed by atoms with van der Waals surface area (Å²) in [6, 6.07) is 5.34. The summed E-state index contributed by atoms with van der Waals surface area (Å²) in [7, 11) is 0. The van der Waals surface area contributed by atoms with Crippen molar-refractivity contribution in [1.82, 2.24) is 0 Å². The Bertz CT molecular complexity index is 433. The molecule has 0 amide bonds. The van der Waals surface area contributed by atoms with Crippen molar-refractivity contribution in [2.45, 2.75) is 32.2 Å². The van der Waals surface area contributed by atoms with Crippen LogP contribution in [0.1, 0.15) is 36.5 Å². The van der Waals surface area contributed by atoms with Crippen LogP contribution in [0.3, 0.4) is 0 Å². The van der Waals surface area contributed by atoms with Gasteiger partial charge >= 0.3 is 5.97 Å². The zero-order valence-corrected chi connectivity index (χ0v) is 10.6. The molecule has 0 saturated carbocycles. The molecule has 1 aromatic rings. The second-order valence-electron chi connectivity index (χ2n) is 4.50. The van der Waals surface area contributed by atoms with Crippen molar-refractivity contribution < 1.29 is 9.90 Å². The van der Waals surface area contributed by atoms with Crippen LogP contribution in [0.15, 0.2) is 18.2 Å². The summed E-state index contributed by atoms with van der Waals surface area (Å²) in [5.41, 5.74) is 1.08. The number of carbonyl (C=O) groups is 1. The first-order valence-corrected chi connectivity index (χ1v) is 6.27. The first kappa shape index (κ1) is 12.2. The van der Waals surface area contributed by atoms with Crippen molar-refractivity contribution in [2.75, 3.05) is 11.4 Å². The molecule has 1 unspecified atom stereocenters. The summed E-state index contributed by atoms with van der Waals surface area (Å²) in [4.78, 5) is 13.4. The molecule has 1 heterocycles.